The smallest absolute Gasteiger partial charge is 0.359 e. The van der Waals surface area contributed by atoms with Gasteiger partial charge in [-0.15, -0.1) is 0 Å². The molecule has 0 aliphatic carbocycles. The largest absolute Gasteiger partial charge is 0.478 e. The number of halogens is 1. The van der Waals surface area contributed by atoms with Gasteiger partial charge in [-0.05, 0) is 60.0 Å². The van der Waals surface area contributed by atoms with Gasteiger partial charge in [-0.3, -0.25) is 14.7 Å². The SMILES string of the molecule is N.O=C1CN(S(=O)(=O)c2ccc3cc(Cl)ccc3c2)CC2(C(=O)O)OC3(CCN(c4ccncc4)CC3)CN12. The normalized spacial score (nSPS) is 23.1. The lowest BCUT2D eigenvalue weighted by atomic mass is 9.91. The van der Waals surface area contributed by atoms with Gasteiger partial charge in [0.05, 0.1) is 30.1 Å². The highest BCUT2D eigenvalue weighted by Crippen LogP contribution is 2.44. The number of piperazine rings is 1. The second kappa shape index (κ2) is 9.72. The second-order valence-corrected chi connectivity index (χ2v) is 12.3. The van der Waals surface area contributed by atoms with Crippen LogP contribution in [0.4, 0.5) is 5.69 Å². The molecule has 0 saturated carbocycles. The van der Waals surface area contributed by atoms with Crippen molar-refractivity contribution < 1.29 is 27.9 Å². The van der Waals surface area contributed by atoms with Crippen molar-refractivity contribution in [3.05, 3.63) is 65.9 Å². The Balaban J connectivity index is 0.00000308. The van der Waals surface area contributed by atoms with Crippen molar-refractivity contribution in [1.82, 2.24) is 20.3 Å². The van der Waals surface area contributed by atoms with Crippen molar-refractivity contribution >= 4 is 50.0 Å². The second-order valence-electron chi connectivity index (χ2n) is 9.97. The first-order chi connectivity index (χ1) is 18.1. The van der Waals surface area contributed by atoms with Crippen LogP contribution in [0, 0.1) is 0 Å². The predicted octanol–water partition coefficient (Wildman–Crippen LogP) is 2.73. The number of nitrogens with zero attached hydrogens (tertiary/aromatic N) is 4. The van der Waals surface area contributed by atoms with E-state index in [1.807, 2.05) is 12.1 Å². The summed E-state index contributed by atoms with van der Waals surface area (Å²) < 4.78 is 34.5. The number of fused-ring (bicyclic) bond motifs is 2. The maximum Gasteiger partial charge on any atom is 0.359 e. The molecule has 1 aromatic heterocycles. The fraction of sp³-hybridized carbons (Fsp3) is 0.346. The lowest BCUT2D eigenvalue weighted by Gasteiger charge is -2.42. The van der Waals surface area contributed by atoms with E-state index in [9.17, 15) is 23.1 Å². The molecule has 3 aliphatic heterocycles. The molecule has 39 heavy (non-hydrogen) atoms. The topological polar surface area (TPSA) is 155 Å². The van der Waals surface area contributed by atoms with Gasteiger partial charge in [0, 0.05) is 36.2 Å². The predicted molar refractivity (Wildman–Crippen MR) is 144 cm³/mol. The van der Waals surface area contributed by atoms with Crippen molar-refractivity contribution in [3.63, 3.8) is 0 Å². The highest BCUT2D eigenvalue weighted by Gasteiger charge is 2.65. The monoisotopic (exact) mass is 573 g/mol. The Bertz CT molecular complexity index is 1550. The van der Waals surface area contributed by atoms with E-state index in [4.69, 9.17) is 16.3 Å². The standard InChI is InChI=1S/C26H25ClN4O6S.H3N/c27-20-3-1-19-14-22(4-2-18(19)13-20)38(35,36)30-15-23(32)31-16-25(37-26(31,17-30)24(33)34)7-11-29(12-8-25)21-5-9-28-10-6-21;/h1-6,9-10,13-14H,7-8,11-12,15-17H2,(H,33,34);1H3. The number of carboxylic acids is 1. The van der Waals surface area contributed by atoms with Crippen LogP contribution in [-0.4, -0.2) is 83.6 Å². The van der Waals surface area contributed by atoms with Gasteiger partial charge in [-0.1, -0.05) is 23.7 Å². The molecule has 4 N–H and O–H groups in total. The van der Waals surface area contributed by atoms with Gasteiger partial charge in [0.2, 0.25) is 15.9 Å². The van der Waals surface area contributed by atoms with E-state index in [1.54, 1.807) is 36.7 Å². The van der Waals surface area contributed by atoms with Crippen LogP contribution in [0.3, 0.4) is 0 Å². The van der Waals surface area contributed by atoms with Gasteiger partial charge in [-0.2, -0.15) is 4.31 Å². The molecule has 1 amide bonds. The number of aromatic nitrogens is 1. The van der Waals surface area contributed by atoms with Gasteiger partial charge >= 0.3 is 5.97 Å². The number of ether oxygens (including phenoxy) is 1. The Kier molecular flexibility index (Phi) is 6.80. The minimum absolute atomic E-state index is 0. The summed E-state index contributed by atoms with van der Waals surface area (Å²) in [6.07, 6.45) is 4.41. The van der Waals surface area contributed by atoms with Crippen molar-refractivity contribution in [1.29, 1.82) is 0 Å². The molecule has 3 aromatic rings. The first-order valence-electron chi connectivity index (χ1n) is 12.2. The van der Waals surface area contributed by atoms with Crippen molar-refractivity contribution in [2.75, 3.05) is 37.6 Å². The minimum Gasteiger partial charge on any atom is -0.478 e. The van der Waals surface area contributed by atoms with E-state index in [2.05, 4.69) is 9.88 Å². The fourth-order valence-corrected chi connectivity index (χ4v) is 7.31. The zero-order chi connectivity index (χ0) is 26.7. The summed E-state index contributed by atoms with van der Waals surface area (Å²) in [5.41, 5.74) is -1.96. The molecule has 13 heteroatoms. The summed E-state index contributed by atoms with van der Waals surface area (Å²) in [7, 11) is -4.20. The highest BCUT2D eigenvalue weighted by atomic mass is 35.5. The molecule has 0 bridgehead atoms. The number of pyridine rings is 1. The Hall–Kier alpha value is -3.29. The van der Waals surface area contributed by atoms with E-state index in [0.29, 0.717) is 36.3 Å². The molecule has 1 unspecified atom stereocenters. The molecule has 3 fully saturated rings. The number of piperidine rings is 1. The van der Waals surface area contributed by atoms with Crippen LogP contribution in [0.2, 0.25) is 5.02 Å². The summed E-state index contributed by atoms with van der Waals surface area (Å²) in [4.78, 5) is 33.3. The third kappa shape index (κ3) is 4.51. The average Bonchev–Trinajstić information content (AvgIpc) is 3.25. The van der Waals surface area contributed by atoms with Crippen LogP contribution in [0.1, 0.15) is 12.8 Å². The molecular weight excluding hydrogens is 546 g/mol. The molecule has 6 rings (SSSR count). The van der Waals surface area contributed by atoms with Gasteiger partial charge in [0.1, 0.15) is 0 Å². The summed E-state index contributed by atoms with van der Waals surface area (Å²) in [5, 5.41) is 12.3. The van der Waals surface area contributed by atoms with Crippen LogP contribution in [0.5, 0.6) is 0 Å². The van der Waals surface area contributed by atoms with Crippen LogP contribution < -0.4 is 11.1 Å². The Labute approximate surface area is 230 Å². The molecular formula is C26H28ClN5O6S. The molecule has 0 radical (unpaired) electrons. The van der Waals surface area contributed by atoms with Crippen molar-refractivity contribution in [2.45, 2.75) is 29.1 Å². The maximum atomic E-state index is 13.6. The number of benzene rings is 2. The van der Waals surface area contributed by atoms with Gasteiger partial charge in [0.25, 0.3) is 5.72 Å². The van der Waals surface area contributed by atoms with E-state index in [0.717, 1.165) is 15.4 Å². The molecule has 1 spiro atoms. The number of anilines is 1. The highest BCUT2D eigenvalue weighted by molar-refractivity contribution is 7.89. The number of hydrogen-bond acceptors (Lipinski definition) is 8. The third-order valence-electron chi connectivity index (χ3n) is 7.72. The zero-order valence-electron chi connectivity index (χ0n) is 21.0. The summed E-state index contributed by atoms with van der Waals surface area (Å²) in [6.45, 7) is 0.353. The lowest BCUT2D eigenvalue weighted by Crippen LogP contribution is -2.67. The number of sulfonamides is 1. The zero-order valence-corrected chi connectivity index (χ0v) is 22.6. The Morgan fingerprint density at radius 1 is 1.00 bits per heavy atom. The molecule has 206 valence electrons. The summed E-state index contributed by atoms with van der Waals surface area (Å²) in [5.74, 6) is -1.98. The minimum atomic E-state index is -4.20. The number of carboxylic acid groups (broad SMARTS) is 1. The average molecular weight is 574 g/mol. The van der Waals surface area contributed by atoms with Crippen molar-refractivity contribution in [3.8, 4) is 0 Å². The van der Waals surface area contributed by atoms with Crippen LogP contribution in [0.15, 0.2) is 65.8 Å². The van der Waals surface area contributed by atoms with Crippen LogP contribution in [-0.2, 0) is 24.3 Å². The lowest BCUT2D eigenvalue weighted by molar-refractivity contribution is -0.202. The summed E-state index contributed by atoms with van der Waals surface area (Å²) in [6, 6.07) is 13.5. The molecule has 2 aromatic carbocycles. The van der Waals surface area contributed by atoms with Crippen molar-refractivity contribution in [2.24, 2.45) is 0 Å². The Morgan fingerprint density at radius 2 is 1.67 bits per heavy atom. The molecule has 1 atom stereocenters. The molecule has 3 aliphatic rings. The first-order valence-corrected chi connectivity index (χ1v) is 14.0. The fourth-order valence-electron chi connectivity index (χ4n) is 5.69. The van der Waals surface area contributed by atoms with E-state index in [-0.39, 0.29) is 17.6 Å². The number of hydrogen-bond donors (Lipinski definition) is 2. The number of carbonyl (C=O) groups excluding carboxylic acids is 1. The number of amides is 1. The molecule has 11 nitrogen and oxygen atoms in total. The number of rotatable bonds is 4. The van der Waals surface area contributed by atoms with Crippen LogP contribution in [0.25, 0.3) is 10.8 Å². The molecule has 3 saturated heterocycles. The van der Waals surface area contributed by atoms with E-state index >= 15 is 0 Å². The molecule has 4 heterocycles. The third-order valence-corrected chi connectivity index (χ3v) is 9.74. The van der Waals surface area contributed by atoms with Gasteiger partial charge in [0.15, 0.2) is 0 Å². The quantitative estimate of drug-likeness (QED) is 0.479. The van der Waals surface area contributed by atoms with E-state index < -0.39 is 46.3 Å². The number of carbonyl (C=O) groups is 2. The van der Waals surface area contributed by atoms with Crippen LogP contribution >= 0.6 is 11.6 Å². The maximum absolute atomic E-state index is 13.6. The van der Waals surface area contributed by atoms with Gasteiger partial charge in [-0.25, -0.2) is 13.2 Å². The Morgan fingerprint density at radius 3 is 2.36 bits per heavy atom. The van der Waals surface area contributed by atoms with E-state index in [1.165, 1.54) is 17.0 Å². The summed E-state index contributed by atoms with van der Waals surface area (Å²) >= 11 is 6.04. The van der Waals surface area contributed by atoms with Gasteiger partial charge < -0.3 is 20.9 Å². The first kappa shape index (κ1) is 27.3. The number of aliphatic carboxylic acids is 1.